The molecule has 0 aromatic heterocycles. The predicted molar refractivity (Wildman–Crippen MR) is 107 cm³/mol. The van der Waals surface area contributed by atoms with Gasteiger partial charge in [-0.25, -0.2) is 0 Å². The third kappa shape index (κ3) is 5.69. The van der Waals surface area contributed by atoms with E-state index in [4.69, 9.17) is 4.74 Å². The molecule has 1 heterocycles. The Morgan fingerprint density at radius 3 is 2.56 bits per heavy atom. The van der Waals surface area contributed by atoms with Crippen LogP contribution in [-0.2, 0) is 11.3 Å². The number of rotatable bonds is 6. The Morgan fingerprint density at radius 1 is 1.15 bits per heavy atom. The minimum atomic E-state index is 0.243. The topological polar surface area (TPSA) is 47.2 Å². The lowest BCUT2D eigenvalue weighted by molar-refractivity contribution is -1.02. The van der Waals surface area contributed by atoms with Crippen molar-refractivity contribution in [2.75, 3.05) is 39.8 Å². The van der Waals surface area contributed by atoms with Gasteiger partial charge in [0.05, 0.1) is 7.11 Å². The van der Waals surface area contributed by atoms with Crippen molar-refractivity contribution in [3.63, 3.8) is 0 Å². The number of benzene rings is 1. The van der Waals surface area contributed by atoms with Gasteiger partial charge in [-0.3, -0.25) is 4.79 Å². The van der Waals surface area contributed by atoms with Gasteiger partial charge in [-0.05, 0) is 37.8 Å². The molecule has 0 radical (unpaired) electrons. The van der Waals surface area contributed by atoms with Crippen molar-refractivity contribution in [3.8, 4) is 5.75 Å². The van der Waals surface area contributed by atoms with Crippen LogP contribution in [0.15, 0.2) is 18.2 Å². The van der Waals surface area contributed by atoms with Crippen LogP contribution in [0.2, 0.25) is 0 Å². The maximum absolute atomic E-state index is 12.5. The number of ether oxygens (including phenoxy) is 1. The van der Waals surface area contributed by atoms with Gasteiger partial charge in [0.25, 0.3) is 5.91 Å². The van der Waals surface area contributed by atoms with Gasteiger partial charge in [-0.15, -0.1) is 0 Å². The Balaban J connectivity index is 1.43. The molecule has 1 aliphatic carbocycles. The third-order valence-electron chi connectivity index (χ3n) is 6.41. The third-order valence-corrected chi connectivity index (χ3v) is 6.41. The fraction of sp³-hybridized carbons (Fsp3) is 0.682. The minimum Gasteiger partial charge on any atom is -0.496 e. The zero-order chi connectivity index (χ0) is 19.2. The second kappa shape index (κ2) is 9.56. The number of hydrogen-bond acceptors (Lipinski definition) is 2. The number of carbonyl (C=O) groups excluding carboxylic acids is 1. The van der Waals surface area contributed by atoms with Crippen molar-refractivity contribution in [1.82, 2.24) is 5.32 Å². The van der Waals surface area contributed by atoms with E-state index in [2.05, 4.69) is 37.4 Å². The molecule has 3 N–H and O–H groups in total. The lowest BCUT2D eigenvalue weighted by Crippen LogP contribution is -3.28. The van der Waals surface area contributed by atoms with Gasteiger partial charge in [0.15, 0.2) is 6.54 Å². The maximum atomic E-state index is 12.5. The Morgan fingerprint density at radius 2 is 1.85 bits per heavy atom. The summed E-state index contributed by atoms with van der Waals surface area (Å²) in [5, 5.41) is 3.31. The number of piperazine rings is 1. The summed E-state index contributed by atoms with van der Waals surface area (Å²) < 4.78 is 5.52. The van der Waals surface area contributed by atoms with E-state index in [1.54, 1.807) is 12.0 Å². The minimum absolute atomic E-state index is 0.243. The van der Waals surface area contributed by atoms with E-state index < -0.39 is 0 Å². The first-order valence-electron chi connectivity index (χ1n) is 10.6. The summed E-state index contributed by atoms with van der Waals surface area (Å²) in [6.07, 6.45) is 4.97. The highest BCUT2D eigenvalue weighted by Crippen LogP contribution is 2.23. The lowest BCUT2D eigenvalue weighted by Gasteiger charge is -2.32. The second-order valence-electron chi connectivity index (χ2n) is 8.60. The fourth-order valence-corrected chi connectivity index (χ4v) is 4.64. The van der Waals surface area contributed by atoms with E-state index >= 15 is 0 Å². The quantitative estimate of drug-likeness (QED) is 0.655. The maximum Gasteiger partial charge on any atom is 0.275 e. The van der Waals surface area contributed by atoms with E-state index in [0.29, 0.717) is 18.5 Å². The molecule has 1 aromatic carbocycles. The van der Waals surface area contributed by atoms with Crippen LogP contribution in [0.4, 0.5) is 0 Å². The van der Waals surface area contributed by atoms with E-state index in [1.807, 2.05) is 0 Å². The first kappa shape index (κ1) is 20.2. The van der Waals surface area contributed by atoms with Crippen molar-refractivity contribution in [2.45, 2.75) is 52.1 Å². The normalized spacial score (nSPS) is 28.6. The zero-order valence-electron chi connectivity index (χ0n) is 17.3. The Kier molecular flexibility index (Phi) is 7.13. The molecule has 0 unspecified atom stereocenters. The van der Waals surface area contributed by atoms with Gasteiger partial charge in [-0.2, -0.15) is 0 Å². The van der Waals surface area contributed by atoms with Crippen molar-refractivity contribution in [3.05, 3.63) is 29.3 Å². The molecule has 2 fully saturated rings. The van der Waals surface area contributed by atoms with Gasteiger partial charge < -0.3 is 19.9 Å². The summed E-state index contributed by atoms with van der Waals surface area (Å²) >= 11 is 0. The Bertz CT molecular complexity index is 626. The van der Waals surface area contributed by atoms with Crippen LogP contribution in [0, 0.1) is 12.8 Å². The van der Waals surface area contributed by atoms with E-state index in [-0.39, 0.29) is 5.91 Å². The molecule has 150 valence electrons. The van der Waals surface area contributed by atoms with Gasteiger partial charge >= 0.3 is 0 Å². The molecule has 5 nitrogen and oxygen atoms in total. The van der Waals surface area contributed by atoms with Crippen molar-refractivity contribution >= 4 is 5.91 Å². The molecule has 1 aromatic rings. The monoisotopic (exact) mass is 375 g/mol. The summed E-state index contributed by atoms with van der Waals surface area (Å²) in [4.78, 5) is 15.5. The molecule has 5 heteroatoms. The highest BCUT2D eigenvalue weighted by atomic mass is 16.5. The SMILES string of the molecule is COc1ccc(C)cc1C[NH+]1CC[NH+](CC(=O)N[C@@H]2CCCC[C@@H]2C)CC1. The van der Waals surface area contributed by atoms with Crippen molar-refractivity contribution in [1.29, 1.82) is 0 Å². The number of hydrogen-bond donors (Lipinski definition) is 3. The molecule has 1 saturated carbocycles. The predicted octanol–water partition coefficient (Wildman–Crippen LogP) is -0.0181. The summed E-state index contributed by atoms with van der Waals surface area (Å²) in [5.74, 6) is 1.86. The van der Waals surface area contributed by atoms with Crippen LogP contribution in [0.25, 0.3) is 0 Å². The lowest BCUT2D eigenvalue weighted by atomic mass is 9.86. The molecule has 1 amide bonds. The number of amides is 1. The second-order valence-corrected chi connectivity index (χ2v) is 8.60. The van der Waals surface area contributed by atoms with Crippen LogP contribution < -0.4 is 19.9 Å². The smallest absolute Gasteiger partial charge is 0.275 e. The van der Waals surface area contributed by atoms with Crippen LogP contribution in [0.1, 0.15) is 43.7 Å². The number of quaternary nitrogens is 2. The molecule has 0 spiro atoms. The summed E-state index contributed by atoms with van der Waals surface area (Å²) in [5.41, 5.74) is 2.57. The van der Waals surface area contributed by atoms with Gasteiger partial charge in [0.2, 0.25) is 0 Å². The van der Waals surface area contributed by atoms with Gasteiger partial charge in [-0.1, -0.05) is 31.4 Å². The molecule has 3 rings (SSSR count). The summed E-state index contributed by atoms with van der Waals surface area (Å²) in [7, 11) is 1.75. The molecule has 2 aliphatic rings. The molecule has 1 saturated heterocycles. The average Bonchev–Trinajstić information content (AvgIpc) is 2.65. The average molecular weight is 376 g/mol. The Hall–Kier alpha value is -1.59. The highest BCUT2D eigenvalue weighted by Gasteiger charge is 2.28. The Labute approximate surface area is 164 Å². The van der Waals surface area contributed by atoms with Gasteiger partial charge in [0, 0.05) is 11.6 Å². The summed E-state index contributed by atoms with van der Waals surface area (Å²) in [6, 6.07) is 6.81. The van der Waals surface area contributed by atoms with Gasteiger partial charge in [0.1, 0.15) is 38.5 Å². The van der Waals surface area contributed by atoms with Crippen LogP contribution in [0.5, 0.6) is 5.75 Å². The first-order valence-corrected chi connectivity index (χ1v) is 10.6. The number of carbonyl (C=O) groups is 1. The van der Waals surface area contributed by atoms with Crippen molar-refractivity contribution in [2.24, 2.45) is 5.92 Å². The molecular weight excluding hydrogens is 338 g/mol. The van der Waals surface area contributed by atoms with E-state index in [1.165, 1.54) is 35.3 Å². The van der Waals surface area contributed by atoms with Crippen molar-refractivity contribution < 1.29 is 19.3 Å². The van der Waals surface area contributed by atoms with Crippen LogP contribution in [-0.4, -0.2) is 51.8 Å². The van der Waals surface area contributed by atoms with Crippen LogP contribution >= 0.6 is 0 Å². The number of aryl methyl sites for hydroxylation is 1. The largest absolute Gasteiger partial charge is 0.496 e. The molecule has 0 bridgehead atoms. The highest BCUT2D eigenvalue weighted by molar-refractivity contribution is 5.77. The molecule has 2 atom stereocenters. The summed E-state index contributed by atoms with van der Waals surface area (Å²) in [6.45, 7) is 10.4. The first-order chi connectivity index (χ1) is 13.0. The molecule has 1 aliphatic heterocycles. The zero-order valence-corrected chi connectivity index (χ0v) is 17.3. The number of nitrogens with one attached hydrogen (secondary N) is 3. The van der Waals surface area contributed by atoms with E-state index in [0.717, 1.165) is 44.9 Å². The number of methoxy groups -OCH3 is 1. The van der Waals surface area contributed by atoms with Crippen LogP contribution in [0.3, 0.4) is 0 Å². The molecular formula is C22H37N3O2+2. The van der Waals surface area contributed by atoms with E-state index in [9.17, 15) is 4.79 Å². The molecule has 27 heavy (non-hydrogen) atoms. The standard InChI is InChI=1S/C22H35N3O2/c1-17-8-9-21(27-3)19(14-17)15-24-10-12-25(13-11-24)16-22(26)23-20-7-5-4-6-18(20)2/h8-9,14,18,20H,4-7,10-13,15-16H2,1-3H3,(H,23,26)/p+2/t18-,20+/m0/s1. The fourth-order valence-electron chi connectivity index (χ4n) is 4.64.